The smallest absolute Gasteiger partial charge is 0.277 e. The number of fused-ring (bicyclic) bond motifs is 2. The topological polar surface area (TPSA) is 50.7 Å². The molecule has 1 aromatic rings. The first-order valence-corrected chi connectivity index (χ1v) is 8.38. The highest BCUT2D eigenvalue weighted by Gasteiger charge is 2.59. The van der Waals surface area contributed by atoms with Crippen LogP contribution in [-0.2, 0) is 4.79 Å². The van der Waals surface area contributed by atoms with Crippen molar-refractivity contribution in [2.24, 2.45) is 21.8 Å². The van der Waals surface area contributed by atoms with Crippen LogP contribution in [0.5, 0.6) is 5.75 Å². The molecule has 0 heterocycles. The predicted molar refractivity (Wildman–Crippen MR) is 91.5 cm³/mol. The van der Waals surface area contributed by atoms with Gasteiger partial charge in [0.1, 0.15) is 5.75 Å². The largest absolute Gasteiger partial charge is 0.484 e. The number of hydrogen-bond acceptors (Lipinski definition) is 3. The van der Waals surface area contributed by atoms with Gasteiger partial charge >= 0.3 is 0 Å². The summed E-state index contributed by atoms with van der Waals surface area (Å²) >= 11 is 0. The predicted octanol–water partition coefficient (Wildman–Crippen LogP) is 3.69. The molecule has 2 aliphatic rings. The molecule has 1 N–H and O–H groups in total. The van der Waals surface area contributed by atoms with Gasteiger partial charge in [-0.05, 0) is 55.2 Å². The number of carbonyl (C=O) groups excluding carboxylic acids is 1. The highest BCUT2D eigenvalue weighted by Crippen LogP contribution is 2.63. The van der Waals surface area contributed by atoms with E-state index in [1.54, 1.807) is 0 Å². The van der Waals surface area contributed by atoms with Crippen LogP contribution in [-0.4, -0.2) is 18.2 Å². The molecule has 0 saturated heterocycles. The number of rotatable bonds is 4. The van der Waals surface area contributed by atoms with E-state index in [4.69, 9.17) is 4.74 Å². The quantitative estimate of drug-likeness (QED) is 0.862. The lowest BCUT2D eigenvalue weighted by atomic mass is 9.70. The Balaban J connectivity index is 1.57. The summed E-state index contributed by atoms with van der Waals surface area (Å²) in [4.78, 5) is 12.0. The highest BCUT2D eigenvalue weighted by atomic mass is 16.5. The Morgan fingerprint density at radius 2 is 2.17 bits per heavy atom. The number of amides is 1. The second-order valence-corrected chi connectivity index (χ2v) is 7.69. The zero-order valence-corrected chi connectivity index (χ0v) is 14.5. The summed E-state index contributed by atoms with van der Waals surface area (Å²) in [6, 6.07) is 7.68. The zero-order chi connectivity index (χ0) is 16.7. The molecule has 124 valence electrons. The van der Waals surface area contributed by atoms with Crippen LogP contribution in [0.25, 0.3) is 0 Å². The SMILES string of the molecule is Cc1cccc(OCC(=O)N/N=C2/C[C@@H]3CC[C@]2(C)C3(C)C)c1. The molecule has 2 saturated carbocycles. The normalized spacial score (nSPS) is 29.7. The number of hydrazone groups is 1. The van der Waals surface area contributed by atoms with E-state index in [9.17, 15) is 4.79 Å². The Bertz CT molecular complexity index is 651. The Hall–Kier alpha value is -1.84. The third-order valence-electron chi connectivity index (χ3n) is 6.19. The van der Waals surface area contributed by atoms with E-state index in [0.717, 1.165) is 17.7 Å². The van der Waals surface area contributed by atoms with E-state index in [1.165, 1.54) is 12.8 Å². The molecule has 2 atom stereocenters. The molecular weight excluding hydrogens is 288 g/mol. The molecule has 1 amide bonds. The number of nitrogens with one attached hydrogen (secondary N) is 1. The molecule has 4 heteroatoms. The zero-order valence-electron chi connectivity index (χ0n) is 14.5. The lowest BCUT2D eigenvalue weighted by Gasteiger charge is -2.34. The molecule has 0 aliphatic heterocycles. The first-order chi connectivity index (χ1) is 10.8. The van der Waals surface area contributed by atoms with E-state index in [2.05, 4.69) is 31.3 Å². The molecule has 1 aromatic carbocycles. The van der Waals surface area contributed by atoms with Gasteiger partial charge in [-0.2, -0.15) is 5.10 Å². The number of nitrogens with zero attached hydrogens (tertiary/aromatic N) is 1. The number of aryl methyl sites for hydroxylation is 1. The lowest BCUT2D eigenvalue weighted by molar-refractivity contribution is -0.123. The Kier molecular flexibility index (Phi) is 3.95. The molecule has 0 unspecified atom stereocenters. The molecule has 2 aliphatic carbocycles. The van der Waals surface area contributed by atoms with Gasteiger partial charge in [0.15, 0.2) is 6.61 Å². The second kappa shape index (κ2) is 5.66. The van der Waals surface area contributed by atoms with Crippen LogP contribution in [0.2, 0.25) is 0 Å². The Labute approximate surface area is 138 Å². The first-order valence-electron chi connectivity index (χ1n) is 8.38. The van der Waals surface area contributed by atoms with Crippen molar-refractivity contribution in [1.29, 1.82) is 0 Å². The summed E-state index contributed by atoms with van der Waals surface area (Å²) in [5.74, 6) is 1.19. The molecule has 0 radical (unpaired) electrons. The van der Waals surface area contributed by atoms with Crippen molar-refractivity contribution in [2.45, 2.75) is 47.0 Å². The third kappa shape index (κ3) is 2.75. The van der Waals surface area contributed by atoms with Crippen molar-refractivity contribution in [3.05, 3.63) is 29.8 Å². The Morgan fingerprint density at radius 3 is 2.78 bits per heavy atom. The minimum absolute atomic E-state index is 0.0101. The van der Waals surface area contributed by atoms with Gasteiger partial charge in [0, 0.05) is 11.1 Å². The summed E-state index contributed by atoms with van der Waals surface area (Å²) in [6.07, 6.45) is 3.44. The van der Waals surface area contributed by atoms with Gasteiger partial charge in [-0.1, -0.05) is 32.9 Å². The molecule has 0 spiro atoms. The van der Waals surface area contributed by atoms with Gasteiger partial charge in [0.25, 0.3) is 5.91 Å². The van der Waals surface area contributed by atoms with Crippen molar-refractivity contribution >= 4 is 11.6 Å². The fraction of sp³-hybridized carbons (Fsp3) is 0.579. The first kappa shape index (κ1) is 16.0. The van der Waals surface area contributed by atoms with E-state index in [-0.39, 0.29) is 23.3 Å². The molecular formula is C19H26N2O2. The standard InChI is InChI=1S/C19H26N2O2/c1-13-6-5-7-15(10-13)23-12-17(22)21-20-16-11-14-8-9-19(16,4)18(14,2)3/h5-7,10,14H,8-9,11-12H2,1-4H3,(H,21,22)/b20-16-/t14-,19-/m0/s1. The van der Waals surface area contributed by atoms with Crippen molar-refractivity contribution in [1.82, 2.24) is 5.43 Å². The van der Waals surface area contributed by atoms with Crippen molar-refractivity contribution in [2.75, 3.05) is 6.61 Å². The Morgan fingerprint density at radius 1 is 1.39 bits per heavy atom. The number of hydrogen-bond donors (Lipinski definition) is 1. The minimum Gasteiger partial charge on any atom is -0.484 e. The van der Waals surface area contributed by atoms with Gasteiger partial charge in [0.2, 0.25) is 0 Å². The maximum Gasteiger partial charge on any atom is 0.277 e. The van der Waals surface area contributed by atoms with Gasteiger partial charge in [0.05, 0.1) is 0 Å². The molecule has 2 bridgehead atoms. The van der Waals surface area contributed by atoms with E-state index in [0.29, 0.717) is 11.7 Å². The maximum atomic E-state index is 12.0. The van der Waals surface area contributed by atoms with E-state index < -0.39 is 0 Å². The molecule has 2 fully saturated rings. The van der Waals surface area contributed by atoms with Crippen LogP contribution < -0.4 is 10.2 Å². The minimum atomic E-state index is -0.205. The van der Waals surface area contributed by atoms with Crippen LogP contribution in [0, 0.1) is 23.7 Å². The summed E-state index contributed by atoms with van der Waals surface area (Å²) in [5, 5.41) is 4.44. The average molecular weight is 314 g/mol. The van der Waals surface area contributed by atoms with Gasteiger partial charge in [-0.15, -0.1) is 0 Å². The van der Waals surface area contributed by atoms with Gasteiger partial charge < -0.3 is 4.74 Å². The summed E-state index contributed by atoms with van der Waals surface area (Å²) in [6.45, 7) is 8.93. The average Bonchev–Trinajstić information content (AvgIpc) is 2.84. The van der Waals surface area contributed by atoms with Gasteiger partial charge in [-0.25, -0.2) is 5.43 Å². The molecule has 4 nitrogen and oxygen atoms in total. The maximum absolute atomic E-state index is 12.0. The van der Waals surface area contributed by atoms with Crippen LogP contribution in [0.1, 0.15) is 45.6 Å². The third-order valence-corrected chi connectivity index (χ3v) is 6.19. The van der Waals surface area contributed by atoms with Crippen LogP contribution in [0.3, 0.4) is 0 Å². The van der Waals surface area contributed by atoms with Crippen molar-refractivity contribution < 1.29 is 9.53 Å². The lowest BCUT2D eigenvalue weighted by Crippen LogP contribution is -2.35. The molecule has 23 heavy (non-hydrogen) atoms. The second-order valence-electron chi connectivity index (χ2n) is 7.69. The number of benzene rings is 1. The van der Waals surface area contributed by atoms with Crippen LogP contribution >= 0.6 is 0 Å². The van der Waals surface area contributed by atoms with E-state index in [1.807, 2.05) is 31.2 Å². The highest BCUT2D eigenvalue weighted by molar-refractivity contribution is 5.95. The summed E-state index contributed by atoms with van der Waals surface area (Å²) in [5.41, 5.74) is 5.32. The van der Waals surface area contributed by atoms with Crippen LogP contribution in [0.4, 0.5) is 0 Å². The van der Waals surface area contributed by atoms with Crippen molar-refractivity contribution in [3.63, 3.8) is 0 Å². The fourth-order valence-corrected chi connectivity index (χ4v) is 4.11. The van der Waals surface area contributed by atoms with E-state index >= 15 is 0 Å². The summed E-state index contributed by atoms with van der Waals surface area (Å²) < 4.78 is 5.51. The molecule has 3 rings (SSSR count). The number of ether oxygens (including phenoxy) is 1. The number of carbonyl (C=O) groups is 1. The van der Waals surface area contributed by atoms with Crippen LogP contribution in [0.15, 0.2) is 29.4 Å². The van der Waals surface area contributed by atoms with Crippen molar-refractivity contribution in [3.8, 4) is 5.75 Å². The monoisotopic (exact) mass is 314 g/mol. The summed E-state index contributed by atoms with van der Waals surface area (Å²) in [7, 11) is 0. The van der Waals surface area contributed by atoms with Gasteiger partial charge in [-0.3, -0.25) is 4.79 Å². The molecule has 0 aromatic heterocycles. The fourth-order valence-electron chi connectivity index (χ4n) is 4.11.